The zero-order chi connectivity index (χ0) is 26.0. The van der Waals surface area contributed by atoms with Gasteiger partial charge in [-0.05, 0) is 54.3 Å². The molecule has 0 saturated heterocycles. The fourth-order valence-electron chi connectivity index (χ4n) is 4.49. The van der Waals surface area contributed by atoms with Crippen molar-refractivity contribution in [3.63, 3.8) is 0 Å². The van der Waals surface area contributed by atoms with Crippen LogP contribution in [-0.2, 0) is 27.2 Å². The van der Waals surface area contributed by atoms with Crippen LogP contribution in [0.2, 0.25) is 0 Å². The van der Waals surface area contributed by atoms with Gasteiger partial charge in [0.1, 0.15) is 23.5 Å². The van der Waals surface area contributed by atoms with Crippen LogP contribution < -0.4 is 11.1 Å². The van der Waals surface area contributed by atoms with E-state index in [-0.39, 0.29) is 17.7 Å². The number of nitrogens with zero attached hydrogens (tertiary/aromatic N) is 1. The molecule has 0 unspecified atom stereocenters. The summed E-state index contributed by atoms with van der Waals surface area (Å²) in [7, 11) is 0. The van der Waals surface area contributed by atoms with Gasteiger partial charge in [-0.15, -0.1) is 0 Å². The molecule has 0 radical (unpaired) electrons. The van der Waals surface area contributed by atoms with Crippen molar-refractivity contribution in [2.45, 2.75) is 37.8 Å². The van der Waals surface area contributed by atoms with E-state index in [0.29, 0.717) is 17.2 Å². The molecular weight excluding hydrogens is 471 g/mol. The van der Waals surface area contributed by atoms with E-state index >= 15 is 0 Å². The number of carbonyl (C=O) groups excluding carboxylic acids is 3. The predicted octanol–water partition coefficient (Wildman–Crippen LogP) is 3.70. The number of halogens is 3. The quantitative estimate of drug-likeness (QED) is 0.565. The minimum absolute atomic E-state index is 0.00405. The van der Waals surface area contributed by atoms with Gasteiger partial charge in [0.05, 0.1) is 12.5 Å². The van der Waals surface area contributed by atoms with E-state index in [2.05, 4.69) is 5.32 Å². The number of carbonyl (C=O) groups is 3. The zero-order valence-electron chi connectivity index (χ0n) is 19.4. The average Bonchev–Trinajstić information content (AvgIpc) is 2.95. The van der Waals surface area contributed by atoms with Crippen molar-refractivity contribution in [2.75, 3.05) is 5.32 Å². The summed E-state index contributed by atoms with van der Waals surface area (Å²) in [5.41, 5.74) is 7.37. The maximum absolute atomic E-state index is 14.0. The zero-order valence-corrected chi connectivity index (χ0v) is 19.4. The van der Waals surface area contributed by atoms with E-state index in [1.807, 2.05) is 0 Å². The molecule has 6 nitrogen and oxygen atoms in total. The average molecular weight is 496 g/mol. The number of imide groups is 1. The highest BCUT2D eigenvalue weighted by molar-refractivity contribution is 6.06. The molecule has 0 aromatic heterocycles. The Hall–Kier alpha value is -3.98. The third-order valence-electron chi connectivity index (χ3n) is 6.10. The lowest BCUT2D eigenvalue weighted by Gasteiger charge is -2.34. The lowest BCUT2D eigenvalue weighted by atomic mass is 9.85. The molecule has 1 heterocycles. The summed E-state index contributed by atoms with van der Waals surface area (Å²) in [6, 6.07) is 12.9. The van der Waals surface area contributed by atoms with Crippen LogP contribution in [0.4, 0.5) is 18.9 Å². The van der Waals surface area contributed by atoms with Crippen LogP contribution in [0.1, 0.15) is 29.5 Å². The number of fused-ring (bicyclic) bond motifs is 1. The molecule has 3 N–H and O–H groups in total. The molecule has 3 aromatic carbocycles. The van der Waals surface area contributed by atoms with Crippen LogP contribution in [0.15, 0.2) is 66.7 Å². The van der Waals surface area contributed by atoms with Gasteiger partial charge in [-0.3, -0.25) is 19.3 Å². The normalized spacial score (nSPS) is 18.0. The Morgan fingerprint density at radius 1 is 1.00 bits per heavy atom. The Kier molecular flexibility index (Phi) is 7.21. The molecule has 0 fully saturated rings. The summed E-state index contributed by atoms with van der Waals surface area (Å²) >= 11 is 0. The first-order valence-corrected chi connectivity index (χ1v) is 11.3. The second-order valence-corrected chi connectivity index (χ2v) is 8.80. The van der Waals surface area contributed by atoms with Crippen LogP contribution >= 0.6 is 0 Å². The molecule has 1 aliphatic rings. The van der Waals surface area contributed by atoms with E-state index in [1.165, 1.54) is 19.1 Å². The first-order chi connectivity index (χ1) is 17.1. The Bertz CT molecular complexity index is 1290. The first kappa shape index (κ1) is 25.1. The van der Waals surface area contributed by atoms with Gasteiger partial charge >= 0.3 is 0 Å². The van der Waals surface area contributed by atoms with Gasteiger partial charge in [0.2, 0.25) is 17.7 Å². The van der Waals surface area contributed by atoms with Crippen molar-refractivity contribution in [3.8, 4) is 0 Å². The number of nitrogens with two attached hydrogens (primary N) is 1. The molecule has 36 heavy (non-hydrogen) atoms. The Morgan fingerprint density at radius 3 is 2.31 bits per heavy atom. The molecule has 3 atom stereocenters. The molecule has 9 heteroatoms. The van der Waals surface area contributed by atoms with Crippen molar-refractivity contribution in [1.29, 1.82) is 0 Å². The van der Waals surface area contributed by atoms with Gasteiger partial charge in [0.25, 0.3) is 0 Å². The van der Waals surface area contributed by atoms with Crippen molar-refractivity contribution in [2.24, 2.45) is 5.73 Å². The summed E-state index contributed by atoms with van der Waals surface area (Å²) in [5.74, 6) is -5.40. The SMILES string of the molecule is C[C@H](N)C(=O)N(C(=O)Cc1cc(F)cc(F)c1)[C@@H]1C(=O)Nc2cc(F)ccc2C[C@@H]1c1ccccc1. The minimum Gasteiger partial charge on any atom is -0.324 e. The Balaban J connectivity index is 1.81. The maximum atomic E-state index is 14.0. The van der Waals surface area contributed by atoms with E-state index in [4.69, 9.17) is 5.73 Å². The smallest absolute Gasteiger partial charge is 0.248 e. The molecule has 3 aromatic rings. The molecule has 1 aliphatic heterocycles. The summed E-state index contributed by atoms with van der Waals surface area (Å²) < 4.78 is 41.5. The minimum atomic E-state index is -1.35. The van der Waals surface area contributed by atoms with Crippen molar-refractivity contribution >= 4 is 23.4 Å². The Morgan fingerprint density at radius 2 is 1.67 bits per heavy atom. The standard InChI is InChI=1S/C27H24F3N3O3/c1-15(31)27(36)33(24(34)11-16-9-20(29)13-21(30)10-16)25-22(17-5-3-2-4-6-17)12-18-7-8-19(28)14-23(18)32-26(25)35/h2-10,13-15,22,25H,11-12,31H2,1H3,(H,32,35)/t15-,22+,25-/m0/s1. The van der Waals surface area contributed by atoms with Crippen LogP contribution in [0.25, 0.3) is 0 Å². The van der Waals surface area contributed by atoms with Gasteiger partial charge in [-0.25, -0.2) is 13.2 Å². The van der Waals surface area contributed by atoms with Gasteiger partial charge in [0, 0.05) is 17.7 Å². The number of amides is 3. The number of anilines is 1. The monoisotopic (exact) mass is 495 g/mol. The lowest BCUT2D eigenvalue weighted by Crippen LogP contribution is -2.57. The number of benzene rings is 3. The molecule has 0 saturated carbocycles. The van der Waals surface area contributed by atoms with Gasteiger partial charge in [0.15, 0.2) is 0 Å². The predicted molar refractivity (Wildman–Crippen MR) is 127 cm³/mol. The molecule has 4 rings (SSSR count). The molecule has 0 aliphatic carbocycles. The molecule has 0 spiro atoms. The lowest BCUT2D eigenvalue weighted by molar-refractivity contribution is -0.152. The summed E-state index contributed by atoms with van der Waals surface area (Å²) in [6.07, 6.45) is -0.340. The molecule has 186 valence electrons. The third-order valence-corrected chi connectivity index (χ3v) is 6.10. The maximum Gasteiger partial charge on any atom is 0.248 e. The third kappa shape index (κ3) is 5.31. The molecule has 3 amide bonds. The Labute approximate surface area is 205 Å². The fourth-order valence-corrected chi connectivity index (χ4v) is 4.49. The highest BCUT2D eigenvalue weighted by Gasteiger charge is 2.43. The van der Waals surface area contributed by atoms with E-state index < -0.39 is 59.6 Å². The highest BCUT2D eigenvalue weighted by atomic mass is 19.1. The van der Waals surface area contributed by atoms with Crippen LogP contribution in [0.5, 0.6) is 0 Å². The topological polar surface area (TPSA) is 92.5 Å². The molecule has 0 bridgehead atoms. The van der Waals surface area contributed by atoms with Gasteiger partial charge in [-0.2, -0.15) is 0 Å². The fraction of sp³-hybridized carbons (Fsp3) is 0.222. The van der Waals surface area contributed by atoms with Gasteiger partial charge in [-0.1, -0.05) is 36.4 Å². The van der Waals surface area contributed by atoms with Crippen molar-refractivity contribution in [3.05, 3.63) is 101 Å². The first-order valence-electron chi connectivity index (χ1n) is 11.3. The van der Waals surface area contributed by atoms with Crippen LogP contribution in [-0.4, -0.2) is 34.7 Å². The van der Waals surface area contributed by atoms with E-state index in [9.17, 15) is 27.6 Å². The number of hydrogen-bond donors (Lipinski definition) is 2. The highest BCUT2D eigenvalue weighted by Crippen LogP contribution is 2.35. The molecular formula is C27H24F3N3O3. The number of nitrogens with one attached hydrogen (secondary N) is 1. The summed E-state index contributed by atoms with van der Waals surface area (Å²) in [4.78, 5) is 41.1. The summed E-state index contributed by atoms with van der Waals surface area (Å²) in [6.45, 7) is 1.38. The second-order valence-electron chi connectivity index (χ2n) is 8.80. The van der Waals surface area contributed by atoms with Gasteiger partial charge < -0.3 is 11.1 Å². The second kappa shape index (κ2) is 10.3. The van der Waals surface area contributed by atoms with E-state index in [1.54, 1.807) is 36.4 Å². The van der Waals surface area contributed by atoms with E-state index in [0.717, 1.165) is 17.0 Å². The van der Waals surface area contributed by atoms with Crippen molar-refractivity contribution in [1.82, 2.24) is 4.90 Å². The number of rotatable bonds is 5. The number of hydrogen-bond acceptors (Lipinski definition) is 4. The summed E-state index contributed by atoms with van der Waals surface area (Å²) in [5, 5.41) is 2.64. The van der Waals surface area contributed by atoms with Crippen LogP contribution in [0.3, 0.4) is 0 Å². The van der Waals surface area contributed by atoms with Crippen LogP contribution in [0, 0.1) is 17.5 Å². The van der Waals surface area contributed by atoms with Crippen molar-refractivity contribution < 1.29 is 27.6 Å². The largest absolute Gasteiger partial charge is 0.324 e.